The fourth-order valence-corrected chi connectivity index (χ4v) is 2.04. The number of carbonyl (C=O) groups is 2. The molecule has 0 saturated heterocycles. The van der Waals surface area contributed by atoms with Crippen LogP contribution < -0.4 is 5.32 Å². The van der Waals surface area contributed by atoms with Crippen LogP contribution in [0.15, 0.2) is 36.4 Å². The molecule has 0 saturated carbocycles. The van der Waals surface area contributed by atoms with Gasteiger partial charge in [0.25, 0.3) is 5.91 Å². The van der Waals surface area contributed by atoms with Gasteiger partial charge in [-0.05, 0) is 48.4 Å². The number of rotatable bonds is 4. The summed E-state index contributed by atoms with van der Waals surface area (Å²) in [5.41, 5.74) is 2.90. The third-order valence-electron chi connectivity index (χ3n) is 3.33. The Morgan fingerprint density at radius 2 is 2.09 bits per heavy atom. The van der Waals surface area contributed by atoms with Crippen LogP contribution in [0.2, 0.25) is 0 Å². The number of aldehydes is 1. The largest absolute Gasteiger partial charge is 0.322 e. The molecule has 1 N–H and O–H groups in total. The third-order valence-corrected chi connectivity index (χ3v) is 3.33. The van der Waals surface area contributed by atoms with E-state index in [0.717, 1.165) is 5.56 Å². The molecule has 0 radical (unpaired) electrons. The average molecular weight is 295 g/mol. The minimum Gasteiger partial charge on any atom is -0.322 e. The number of halogens is 1. The number of hydrogen-bond donors (Lipinski definition) is 1. The first-order chi connectivity index (χ1) is 10.6. The minimum atomic E-state index is -0.774. The SMILES string of the molecule is C#Cc1cc(C(=O)Nc2ccc(C=O)c(CF)c2)ccc1C. The van der Waals surface area contributed by atoms with Crippen LogP contribution >= 0.6 is 0 Å². The van der Waals surface area contributed by atoms with Gasteiger partial charge in [-0.15, -0.1) is 6.42 Å². The van der Waals surface area contributed by atoms with Gasteiger partial charge in [0, 0.05) is 22.4 Å². The van der Waals surface area contributed by atoms with Crippen molar-refractivity contribution in [1.29, 1.82) is 0 Å². The van der Waals surface area contributed by atoms with Gasteiger partial charge in [-0.3, -0.25) is 9.59 Å². The van der Waals surface area contributed by atoms with Gasteiger partial charge >= 0.3 is 0 Å². The van der Waals surface area contributed by atoms with E-state index in [1.165, 1.54) is 12.1 Å². The average Bonchev–Trinajstić information content (AvgIpc) is 2.55. The van der Waals surface area contributed by atoms with Crippen molar-refractivity contribution in [2.75, 3.05) is 5.32 Å². The summed E-state index contributed by atoms with van der Waals surface area (Å²) in [7, 11) is 0. The van der Waals surface area contributed by atoms with Gasteiger partial charge < -0.3 is 5.32 Å². The van der Waals surface area contributed by atoms with Crippen LogP contribution in [0.5, 0.6) is 0 Å². The van der Waals surface area contributed by atoms with E-state index < -0.39 is 6.67 Å². The van der Waals surface area contributed by atoms with Crippen LogP contribution in [-0.2, 0) is 6.67 Å². The van der Waals surface area contributed by atoms with E-state index in [-0.39, 0.29) is 17.0 Å². The molecule has 2 aromatic rings. The first-order valence-corrected chi connectivity index (χ1v) is 6.61. The van der Waals surface area contributed by atoms with Crippen molar-refractivity contribution in [3.05, 3.63) is 64.2 Å². The summed E-state index contributed by atoms with van der Waals surface area (Å²) in [6.07, 6.45) is 5.97. The highest BCUT2D eigenvalue weighted by molar-refractivity contribution is 6.04. The quantitative estimate of drug-likeness (QED) is 0.693. The van der Waals surface area contributed by atoms with E-state index in [9.17, 15) is 14.0 Å². The maximum absolute atomic E-state index is 12.9. The highest BCUT2D eigenvalue weighted by atomic mass is 19.1. The van der Waals surface area contributed by atoms with Gasteiger partial charge in [0.1, 0.15) is 13.0 Å². The summed E-state index contributed by atoms with van der Waals surface area (Å²) in [5, 5.41) is 2.66. The predicted molar refractivity (Wildman–Crippen MR) is 83.7 cm³/mol. The maximum atomic E-state index is 12.9. The molecular formula is C18H14FNO2. The van der Waals surface area contributed by atoms with Crippen molar-refractivity contribution >= 4 is 17.9 Å². The molecule has 0 spiro atoms. The predicted octanol–water partition coefficient (Wildman–Crippen LogP) is 3.51. The van der Waals surface area contributed by atoms with Crippen molar-refractivity contribution in [3.63, 3.8) is 0 Å². The number of benzene rings is 2. The van der Waals surface area contributed by atoms with Crippen LogP contribution in [0.4, 0.5) is 10.1 Å². The Morgan fingerprint density at radius 1 is 1.32 bits per heavy atom. The molecule has 0 aliphatic rings. The van der Waals surface area contributed by atoms with Crippen molar-refractivity contribution in [2.24, 2.45) is 0 Å². The van der Waals surface area contributed by atoms with Gasteiger partial charge in [-0.2, -0.15) is 0 Å². The molecule has 0 atom stereocenters. The molecule has 0 aliphatic heterocycles. The van der Waals surface area contributed by atoms with E-state index in [1.807, 2.05) is 6.92 Å². The molecule has 22 heavy (non-hydrogen) atoms. The molecule has 2 rings (SSSR count). The number of anilines is 1. The van der Waals surface area contributed by atoms with Gasteiger partial charge in [0.2, 0.25) is 0 Å². The molecule has 0 heterocycles. The van der Waals surface area contributed by atoms with E-state index in [2.05, 4.69) is 11.2 Å². The molecule has 0 aromatic heterocycles. The first kappa shape index (κ1) is 15.5. The fourth-order valence-electron chi connectivity index (χ4n) is 2.04. The second-order valence-electron chi connectivity index (χ2n) is 4.79. The lowest BCUT2D eigenvalue weighted by Gasteiger charge is -2.09. The number of hydrogen-bond acceptors (Lipinski definition) is 2. The zero-order chi connectivity index (χ0) is 16.1. The van der Waals surface area contributed by atoms with Gasteiger partial charge in [0.05, 0.1) is 0 Å². The molecule has 110 valence electrons. The van der Waals surface area contributed by atoms with Crippen LogP contribution in [0, 0.1) is 19.3 Å². The van der Waals surface area contributed by atoms with Crippen molar-refractivity contribution < 1.29 is 14.0 Å². The smallest absolute Gasteiger partial charge is 0.255 e. The zero-order valence-corrected chi connectivity index (χ0v) is 12.0. The Morgan fingerprint density at radius 3 is 2.73 bits per heavy atom. The molecule has 4 heteroatoms. The van der Waals surface area contributed by atoms with Crippen molar-refractivity contribution in [1.82, 2.24) is 0 Å². The Hall–Kier alpha value is -2.93. The normalized spacial score (nSPS) is 9.86. The van der Waals surface area contributed by atoms with E-state index >= 15 is 0 Å². The van der Waals surface area contributed by atoms with Crippen LogP contribution in [0.3, 0.4) is 0 Å². The second-order valence-corrected chi connectivity index (χ2v) is 4.79. The summed E-state index contributed by atoms with van der Waals surface area (Å²) in [6, 6.07) is 9.53. The topological polar surface area (TPSA) is 46.2 Å². The van der Waals surface area contributed by atoms with Crippen molar-refractivity contribution in [3.8, 4) is 12.3 Å². The van der Waals surface area contributed by atoms with E-state index in [0.29, 0.717) is 23.1 Å². The van der Waals surface area contributed by atoms with Gasteiger partial charge in [-0.1, -0.05) is 12.0 Å². The Bertz CT molecular complexity index is 775. The van der Waals surface area contributed by atoms with Crippen LogP contribution in [0.25, 0.3) is 0 Å². The Kier molecular flexibility index (Phi) is 4.70. The standard InChI is InChI=1S/C18H14FNO2/c1-3-13-8-14(5-4-12(13)2)18(22)20-17-7-6-15(11-21)16(9-17)10-19/h1,4-9,11H,10H2,2H3,(H,20,22). The molecule has 0 fully saturated rings. The molecule has 0 aliphatic carbocycles. The van der Waals surface area contributed by atoms with E-state index in [4.69, 9.17) is 6.42 Å². The number of aryl methyl sites for hydroxylation is 1. The third kappa shape index (κ3) is 3.21. The molecule has 0 unspecified atom stereocenters. The Labute approximate surface area is 128 Å². The number of terminal acetylenes is 1. The summed E-state index contributed by atoms with van der Waals surface area (Å²) in [6.45, 7) is 1.09. The lowest BCUT2D eigenvalue weighted by Crippen LogP contribution is -2.12. The van der Waals surface area contributed by atoms with Crippen LogP contribution in [-0.4, -0.2) is 12.2 Å². The second kappa shape index (κ2) is 6.68. The number of nitrogens with one attached hydrogen (secondary N) is 1. The fraction of sp³-hybridized carbons (Fsp3) is 0.111. The minimum absolute atomic E-state index is 0.237. The van der Waals surface area contributed by atoms with Gasteiger partial charge in [-0.25, -0.2) is 4.39 Å². The molecular weight excluding hydrogens is 281 g/mol. The van der Waals surface area contributed by atoms with Gasteiger partial charge in [0.15, 0.2) is 0 Å². The highest BCUT2D eigenvalue weighted by Crippen LogP contribution is 2.18. The molecule has 0 bridgehead atoms. The van der Waals surface area contributed by atoms with Crippen LogP contribution in [0.1, 0.15) is 37.4 Å². The summed E-state index contributed by atoms with van der Waals surface area (Å²) >= 11 is 0. The molecule has 2 aromatic carbocycles. The Balaban J connectivity index is 2.26. The lowest BCUT2D eigenvalue weighted by atomic mass is 10.0. The monoisotopic (exact) mass is 295 g/mol. The van der Waals surface area contributed by atoms with E-state index in [1.54, 1.807) is 24.3 Å². The highest BCUT2D eigenvalue weighted by Gasteiger charge is 2.09. The summed E-state index contributed by atoms with van der Waals surface area (Å²) in [5.74, 6) is 2.17. The first-order valence-electron chi connectivity index (χ1n) is 6.61. The number of alkyl halides is 1. The zero-order valence-electron chi connectivity index (χ0n) is 12.0. The number of carbonyl (C=O) groups excluding carboxylic acids is 2. The molecule has 1 amide bonds. The van der Waals surface area contributed by atoms with Crippen molar-refractivity contribution in [2.45, 2.75) is 13.6 Å². The maximum Gasteiger partial charge on any atom is 0.255 e. The molecule has 3 nitrogen and oxygen atoms in total. The summed E-state index contributed by atoms with van der Waals surface area (Å²) in [4.78, 5) is 23.0. The number of amides is 1. The lowest BCUT2D eigenvalue weighted by molar-refractivity contribution is 0.102. The summed E-state index contributed by atoms with van der Waals surface area (Å²) < 4.78 is 12.9.